The van der Waals surface area contributed by atoms with Gasteiger partial charge in [0.1, 0.15) is 4.90 Å². The number of esters is 1. The molecule has 1 aromatic heterocycles. The monoisotopic (exact) mass is 319 g/mol. The third-order valence-corrected chi connectivity index (χ3v) is 4.12. The molecule has 0 unspecified atom stereocenters. The fourth-order valence-electron chi connectivity index (χ4n) is 1.61. The Hall–Kier alpha value is -1.45. The van der Waals surface area contributed by atoms with Crippen molar-refractivity contribution in [3.63, 3.8) is 0 Å². The molecule has 0 aliphatic rings. The molecule has 0 aliphatic carbocycles. The Balaban J connectivity index is 2.87. The van der Waals surface area contributed by atoms with Crippen LogP contribution in [0.4, 0.5) is 0 Å². The molecule has 0 saturated carbocycles. The summed E-state index contributed by atoms with van der Waals surface area (Å²) in [4.78, 5) is 11.6. The van der Waals surface area contributed by atoms with Crippen LogP contribution in [0.5, 0.6) is 0 Å². The topological polar surface area (TPSA) is 124 Å². The number of aromatic amines is 1. The molecule has 0 atom stereocenters. The Morgan fingerprint density at radius 3 is 2.52 bits per heavy atom. The van der Waals surface area contributed by atoms with Crippen molar-refractivity contribution < 1.29 is 22.7 Å². The Morgan fingerprint density at radius 2 is 2.05 bits per heavy atom. The maximum Gasteiger partial charge on any atom is 0.360 e. The van der Waals surface area contributed by atoms with Gasteiger partial charge in [-0.2, -0.15) is 5.10 Å². The second-order valence-corrected chi connectivity index (χ2v) is 6.63. The largest absolute Gasteiger partial charge is 0.461 e. The minimum atomic E-state index is -4.06. The van der Waals surface area contributed by atoms with Crippen molar-refractivity contribution in [2.45, 2.75) is 44.1 Å². The zero-order valence-electron chi connectivity index (χ0n) is 12.6. The summed E-state index contributed by atoms with van der Waals surface area (Å²) in [5.41, 5.74) is -0.477. The zero-order chi connectivity index (χ0) is 16.3. The first-order valence-electron chi connectivity index (χ1n) is 6.44. The molecule has 0 fully saturated rings. The SMILES string of the molecule is CCc1[nH]nc(C(=O)OCCC(C)(C)OC)c1S(N)(=O)=O. The molecule has 3 N–H and O–H groups in total. The van der Waals surface area contributed by atoms with Gasteiger partial charge in [0.15, 0.2) is 5.69 Å². The van der Waals surface area contributed by atoms with Gasteiger partial charge in [0, 0.05) is 13.5 Å². The van der Waals surface area contributed by atoms with E-state index in [1.165, 1.54) is 0 Å². The molecule has 1 heterocycles. The van der Waals surface area contributed by atoms with Crippen molar-refractivity contribution >= 4 is 16.0 Å². The third-order valence-electron chi connectivity index (χ3n) is 3.11. The lowest BCUT2D eigenvalue weighted by atomic mass is 10.1. The van der Waals surface area contributed by atoms with E-state index >= 15 is 0 Å². The number of methoxy groups -OCH3 is 1. The van der Waals surface area contributed by atoms with E-state index in [0.29, 0.717) is 12.8 Å². The number of sulfonamides is 1. The van der Waals surface area contributed by atoms with Gasteiger partial charge in [0.2, 0.25) is 10.0 Å². The van der Waals surface area contributed by atoms with Crippen LogP contribution in [0.15, 0.2) is 4.90 Å². The van der Waals surface area contributed by atoms with Gasteiger partial charge in [0.25, 0.3) is 0 Å². The highest BCUT2D eigenvalue weighted by molar-refractivity contribution is 7.89. The number of hydrogen-bond acceptors (Lipinski definition) is 6. The van der Waals surface area contributed by atoms with Gasteiger partial charge in [-0.1, -0.05) is 6.92 Å². The lowest BCUT2D eigenvalue weighted by Crippen LogP contribution is -2.25. The van der Waals surface area contributed by atoms with E-state index in [4.69, 9.17) is 14.6 Å². The number of aryl methyl sites for hydroxylation is 1. The van der Waals surface area contributed by atoms with Crippen LogP contribution in [-0.2, 0) is 25.9 Å². The normalized spacial score (nSPS) is 12.4. The molecular weight excluding hydrogens is 298 g/mol. The van der Waals surface area contributed by atoms with Gasteiger partial charge in [-0.15, -0.1) is 0 Å². The van der Waals surface area contributed by atoms with Crippen molar-refractivity contribution in [2.24, 2.45) is 5.14 Å². The van der Waals surface area contributed by atoms with E-state index in [-0.39, 0.29) is 22.9 Å². The van der Waals surface area contributed by atoms with Gasteiger partial charge in [-0.05, 0) is 20.3 Å². The van der Waals surface area contributed by atoms with Crippen LogP contribution in [-0.4, -0.2) is 43.9 Å². The van der Waals surface area contributed by atoms with Crippen molar-refractivity contribution in [2.75, 3.05) is 13.7 Å². The van der Waals surface area contributed by atoms with E-state index in [1.54, 1.807) is 14.0 Å². The summed E-state index contributed by atoms with van der Waals surface area (Å²) in [5.74, 6) is -0.832. The maximum atomic E-state index is 12.0. The summed E-state index contributed by atoms with van der Waals surface area (Å²) in [6.07, 6.45) is 0.813. The summed E-state index contributed by atoms with van der Waals surface area (Å²) >= 11 is 0. The van der Waals surface area contributed by atoms with E-state index < -0.39 is 21.6 Å². The molecule has 0 saturated heterocycles. The van der Waals surface area contributed by atoms with E-state index in [9.17, 15) is 13.2 Å². The number of nitrogens with zero attached hydrogens (tertiary/aromatic N) is 1. The summed E-state index contributed by atoms with van der Waals surface area (Å²) in [6, 6.07) is 0. The fraction of sp³-hybridized carbons (Fsp3) is 0.667. The lowest BCUT2D eigenvalue weighted by molar-refractivity contribution is -0.00592. The Labute approximate surface area is 124 Å². The van der Waals surface area contributed by atoms with Crippen LogP contribution in [0.2, 0.25) is 0 Å². The number of carbonyl (C=O) groups is 1. The first kappa shape index (κ1) is 17.6. The minimum absolute atomic E-state index is 0.0814. The number of nitrogens with one attached hydrogen (secondary N) is 1. The number of primary sulfonamides is 1. The predicted molar refractivity (Wildman–Crippen MR) is 75.3 cm³/mol. The van der Waals surface area contributed by atoms with Crippen LogP contribution in [0, 0.1) is 0 Å². The molecule has 0 amide bonds. The first-order valence-corrected chi connectivity index (χ1v) is 7.99. The van der Waals surface area contributed by atoms with Gasteiger partial charge < -0.3 is 9.47 Å². The number of carbonyl (C=O) groups excluding carboxylic acids is 1. The number of ether oxygens (including phenoxy) is 2. The van der Waals surface area contributed by atoms with Crippen LogP contribution >= 0.6 is 0 Å². The molecule has 120 valence electrons. The van der Waals surface area contributed by atoms with Crippen LogP contribution in [0.1, 0.15) is 43.4 Å². The number of aromatic nitrogens is 2. The molecule has 8 nitrogen and oxygen atoms in total. The average molecular weight is 319 g/mol. The molecule has 0 radical (unpaired) electrons. The first-order chi connectivity index (χ1) is 9.62. The molecular formula is C12H21N3O5S. The average Bonchev–Trinajstić information content (AvgIpc) is 2.82. The summed E-state index contributed by atoms with van der Waals surface area (Å²) in [5, 5.41) is 11.3. The highest BCUT2D eigenvalue weighted by Crippen LogP contribution is 2.19. The second-order valence-electron chi connectivity index (χ2n) is 5.13. The van der Waals surface area contributed by atoms with Crippen LogP contribution in [0.25, 0.3) is 0 Å². The summed E-state index contributed by atoms with van der Waals surface area (Å²) in [6.45, 7) is 5.50. The molecule has 0 aliphatic heterocycles. The molecule has 0 spiro atoms. The van der Waals surface area contributed by atoms with E-state index in [0.717, 1.165) is 0 Å². The predicted octanol–water partition coefficient (Wildman–Crippen LogP) is 0.591. The molecule has 9 heteroatoms. The lowest BCUT2D eigenvalue weighted by Gasteiger charge is -2.22. The third kappa shape index (κ3) is 4.51. The number of nitrogens with two attached hydrogens (primary N) is 1. The Bertz CT molecular complexity index is 606. The standard InChI is InChI=1S/C12H21N3O5S/c1-5-8-10(21(13,17)18)9(15-14-8)11(16)20-7-6-12(2,3)19-4/h5-7H2,1-4H3,(H,14,15)(H2,13,17,18). The van der Waals surface area contributed by atoms with Crippen molar-refractivity contribution in [1.29, 1.82) is 0 Å². The van der Waals surface area contributed by atoms with Crippen molar-refractivity contribution in [3.05, 3.63) is 11.4 Å². The number of rotatable bonds is 7. The smallest absolute Gasteiger partial charge is 0.360 e. The van der Waals surface area contributed by atoms with Gasteiger partial charge in [0.05, 0.1) is 17.9 Å². The maximum absolute atomic E-state index is 12.0. The van der Waals surface area contributed by atoms with Gasteiger partial charge in [-0.3, -0.25) is 5.10 Å². The van der Waals surface area contributed by atoms with Crippen molar-refractivity contribution in [1.82, 2.24) is 10.2 Å². The Morgan fingerprint density at radius 1 is 1.43 bits per heavy atom. The van der Waals surface area contributed by atoms with Gasteiger partial charge in [-0.25, -0.2) is 18.4 Å². The summed E-state index contributed by atoms with van der Waals surface area (Å²) in [7, 11) is -2.50. The highest BCUT2D eigenvalue weighted by atomic mass is 32.2. The molecule has 0 aromatic carbocycles. The minimum Gasteiger partial charge on any atom is -0.461 e. The summed E-state index contributed by atoms with van der Waals surface area (Å²) < 4.78 is 33.4. The highest BCUT2D eigenvalue weighted by Gasteiger charge is 2.28. The van der Waals surface area contributed by atoms with Crippen molar-refractivity contribution in [3.8, 4) is 0 Å². The number of hydrogen-bond donors (Lipinski definition) is 2. The molecule has 21 heavy (non-hydrogen) atoms. The Kier molecular flexibility index (Phi) is 5.48. The fourth-order valence-corrected chi connectivity index (χ4v) is 2.54. The van der Waals surface area contributed by atoms with Crippen LogP contribution < -0.4 is 5.14 Å². The van der Waals surface area contributed by atoms with E-state index in [1.807, 2.05) is 13.8 Å². The molecule has 1 aromatic rings. The molecule has 1 rings (SSSR count). The van der Waals surface area contributed by atoms with E-state index in [2.05, 4.69) is 10.2 Å². The number of H-pyrrole nitrogens is 1. The van der Waals surface area contributed by atoms with Gasteiger partial charge >= 0.3 is 5.97 Å². The zero-order valence-corrected chi connectivity index (χ0v) is 13.4. The van der Waals surface area contributed by atoms with Crippen LogP contribution in [0.3, 0.4) is 0 Å². The quantitative estimate of drug-likeness (QED) is 0.709. The molecule has 0 bridgehead atoms. The second kappa shape index (κ2) is 6.54.